The van der Waals surface area contributed by atoms with E-state index in [0.717, 1.165) is 18.2 Å². The zero-order chi connectivity index (χ0) is 14.3. The molecule has 6 heteroatoms. The van der Waals surface area contributed by atoms with Crippen molar-refractivity contribution in [2.75, 3.05) is 0 Å². The van der Waals surface area contributed by atoms with Crippen LogP contribution in [0.3, 0.4) is 0 Å². The van der Waals surface area contributed by atoms with E-state index < -0.39 is 23.0 Å². The third kappa shape index (κ3) is 1.93. The first kappa shape index (κ1) is 12.7. The van der Waals surface area contributed by atoms with Crippen molar-refractivity contribution in [1.29, 1.82) is 0 Å². The first-order chi connectivity index (χ1) is 8.82. The van der Waals surface area contributed by atoms with Gasteiger partial charge in [-0.15, -0.1) is 0 Å². The van der Waals surface area contributed by atoms with Crippen LogP contribution in [0.25, 0.3) is 11.1 Å². The Balaban J connectivity index is 2.80. The molecule has 0 saturated carbocycles. The molecule has 0 aromatic heterocycles. The number of benzene rings is 2. The molecule has 0 spiro atoms. The minimum absolute atomic E-state index is 0.0742. The van der Waals surface area contributed by atoms with Crippen LogP contribution in [0.15, 0.2) is 18.2 Å². The minimum Gasteiger partial charge on any atom is -0.508 e. The zero-order valence-electron chi connectivity index (χ0n) is 9.92. The van der Waals surface area contributed by atoms with E-state index in [4.69, 9.17) is 0 Å². The van der Waals surface area contributed by atoms with Gasteiger partial charge in [-0.3, -0.25) is 0 Å². The zero-order valence-corrected chi connectivity index (χ0v) is 9.92. The molecular weight excluding hydrogens is 252 g/mol. The van der Waals surface area contributed by atoms with Crippen LogP contribution < -0.4 is 0 Å². The molecule has 0 saturated heterocycles. The Labute approximate surface area is 108 Å². The highest BCUT2D eigenvalue weighted by molar-refractivity contribution is 5.82. The standard InChI is InChI=1S/C13H12O6/c1-5-9(15)4-8(13(19)11(5)17)7-2-6(14)3-10(16)12(7)18/h2-4,14-19H,1H3. The number of rotatable bonds is 1. The third-order valence-electron chi connectivity index (χ3n) is 2.86. The molecule has 6 nitrogen and oxygen atoms in total. The molecule has 2 aromatic rings. The van der Waals surface area contributed by atoms with Gasteiger partial charge in [-0.1, -0.05) is 0 Å². The lowest BCUT2D eigenvalue weighted by atomic mass is 9.99. The number of hydrogen-bond donors (Lipinski definition) is 6. The molecule has 0 amide bonds. The molecule has 0 atom stereocenters. The van der Waals surface area contributed by atoms with Crippen molar-refractivity contribution in [3.05, 3.63) is 23.8 Å². The lowest BCUT2D eigenvalue weighted by Crippen LogP contribution is -1.86. The second-order valence-corrected chi connectivity index (χ2v) is 4.13. The van der Waals surface area contributed by atoms with Gasteiger partial charge in [0.2, 0.25) is 0 Å². The molecule has 0 bridgehead atoms. The highest BCUT2D eigenvalue weighted by atomic mass is 16.3. The van der Waals surface area contributed by atoms with E-state index in [0.29, 0.717) is 0 Å². The monoisotopic (exact) mass is 264 g/mol. The van der Waals surface area contributed by atoms with Crippen LogP contribution >= 0.6 is 0 Å². The summed E-state index contributed by atoms with van der Waals surface area (Å²) in [5.41, 5.74) is -0.171. The average molecular weight is 264 g/mol. The van der Waals surface area contributed by atoms with Gasteiger partial charge in [-0.05, 0) is 19.1 Å². The molecule has 0 aliphatic heterocycles. The van der Waals surface area contributed by atoms with Crippen LogP contribution in [0, 0.1) is 6.92 Å². The fourth-order valence-electron chi connectivity index (χ4n) is 1.75. The smallest absolute Gasteiger partial charge is 0.166 e. The van der Waals surface area contributed by atoms with Crippen molar-refractivity contribution in [2.24, 2.45) is 0 Å². The summed E-state index contributed by atoms with van der Waals surface area (Å²) in [4.78, 5) is 0. The van der Waals surface area contributed by atoms with Crippen LogP contribution in [0.4, 0.5) is 0 Å². The van der Waals surface area contributed by atoms with Gasteiger partial charge in [0.15, 0.2) is 23.0 Å². The number of phenols is 6. The predicted molar refractivity (Wildman–Crippen MR) is 66.6 cm³/mol. The van der Waals surface area contributed by atoms with Gasteiger partial charge in [0.1, 0.15) is 11.5 Å². The summed E-state index contributed by atoms with van der Waals surface area (Å²) >= 11 is 0. The maximum atomic E-state index is 9.83. The van der Waals surface area contributed by atoms with Gasteiger partial charge in [0, 0.05) is 22.8 Å². The molecule has 0 aliphatic rings. The van der Waals surface area contributed by atoms with Crippen molar-refractivity contribution in [1.82, 2.24) is 0 Å². The van der Waals surface area contributed by atoms with E-state index >= 15 is 0 Å². The van der Waals surface area contributed by atoms with Crippen molar-refractivity contribution in [3.8, 4) is 45.6 Å². The Morgan fingerprint density at radius 2 is 1.21 bits per heavy atom. The molecule has 19 heavy (non-hydrogen) atoms. The number of aromatic hydroxyl groups is 6. The van der Waals surface area contributed by atoms with E-state index in [9.17, 15) is 30.6 Å². The quantitative estimate of drug-likeness (QED) is 0.345. The van der Waals surface area contributed by atoms with E-state index in [-0.39, 0.29) is 28.2 Å². The molecule has 6 N–H and O–H groups in total. The molecule has 0 radical (unpaired) electrons. The summed E-state index contributed by atoms with van der Waals surface area (Å²) in [6, 6.07) is 3.11. The number of phenolic OH excluding ortho intramolecular Hbond substituents is 6. The molecule has 0 fully saturated rings. The Bertz CT molecular complexity index is 663. The van der Waals surface area contributed by atoms with Gasteiger partial charge in [0.25, 0.3) is 0 Å². The van der Waals surface area contributed by atoms with Crippen molar-refractivity contribution in [2.45, 2.75) is 6.92 Å². The second-order valence-electron chi connectivity index (χ2n) is 4.13. The number of hydrogen-bond acceptors (Lipinski definition) is 6. The van der Waals surface area contributed by atoms with Gasteiger partial charge < -0.3 is 30.6 Å². The van der Waals surface area contributed by atoms with Crippen LogP contribution in [-0.4, -0.2) is 30.6 Å². The van der Waals surface area contributed by atoms with Gasteiger partial charge in [0.05, 0.1) is 0 Å². The maximum Gasteiger partial charge on any atom is 0.166 e. The van der Waals surface area contributed by atoms with Gasteiger partial charge in [-0.25, -0.2) is 0 Å². The summed E-state index contributed by atoms with van der Waals surface area (Å²) in [6.45, 7) is 1.40. The third-order valence-corrected chi connectivity index (χ3v) is 2.86. The molecule has 0 heterocycles. The lowest BCUT2D eigenvalue weighted by molar-refractivity contribution is 0.390. The highest BCUT2D eigenvalue weighted by Crippen LogP contribution is 2.48. The van der Waals surface area contributed by atoms with E-state index in [2.05, 4.69) is 0 Å². The lowest BCUT2D eigenvalue weighted by Gasteiger charge is -2.12. The highest BCUT2D eigenvalue weighted by Gasteiger charge is 2.19. The summed E-state index contributed by atoms with van der Waals surface area (Å²) < 4.78 is 0. The summed E-state index contributed by atoms with van der Waals surface area (Å²) in [6.07, 6.45) is 0. The Morgan fingerprint density at radius 1 is 0.632 bits per heavy atom. The maximum absolute atomic E-state index is 9.83. The average Bonchev–Trinajstić information content (AvgIpc) is 2.36. The van der Waals surface area contributed by atoms with E-state index in [1.165, 1.54) is 6.92 Å². The van der Waals surface area contributed by atoms with Crippen molar-refractivity contribution < 1.29 is 30.6 Å². The molecule has 100 valence electrons. The van der Waals surface area contributed by atoms with Gasteiger partial charge >= 0.3 is 0 Å². The molecule has 2 rings (SSSR count). The van der Waals surface area contributed by atoms with Crippen molar-refractivity contribution >= 4 is 0 Å². The Hall–Kier alpha value is -2.76. The first-order valence-electron chi connectivity index (χ1n) is 5.32. The molecular formula is C13H12O6. The fourth-order valence-corrected chi connectivity index (χ4v) is 1.75. The Kier molecular flexibility index (Phi) is 2.78. The molecule has 0 aliphatic carbocycles. The van der Waals surface area contributed by atoms with E-state index in [1.807, 2.05) is 0 Å². The first-order valence-corrected chi connectivity index (χ1v) is 5.32. The normalized spacial score (nSPS) is 10.6. The van der Waals surface area contributed by atoms with Crippen LogP contribution in [0.2, 0.25) is 0 Å². The predicted octanol–water partition coefficient (Wildman–Crippen LogP) is 1.90. The van der Waals surface area contributed by atoms with E-state index in [1.54, 1.807) is 0 Å². The fraction of sp³-hybridized carbons (Fsp3) is 0.0769. The second kappa shape index (κ2) is 4.16. The minimum atomic E-state index is -0.589. The summed E-state index contributed by atoms with van der Waals surface area (Å²) in [7, 11) is 0. The van der Waals surface area contributed by atoms with Crippen molar-refractivity contribution in [3.63, 3.8) is 0 Å². The van der Waals surface area contributed by atoms with Crippen LogP contribution in [-0.2, 0) is 0 Å². The largest absolute Gasteiger partial charge is 0.508 e. The van der Waals surface area contributed by atoms with Crippen LogP contribution in [0.5, 0.6) is 34.5 Å². The molecule has 2 aromatic carbocycles. The summed E-state index contributed by atoms with van der Waals surface area (Å²) in [5, 5.41) is 57.6. The van der Waals surface area contributed by atoms with Crippen LogP contribution in [0.1, 0.15) is 5.56 Å². The molecule has 0 unspecified atom stereocenters. The SMILES string of the molecule is Cc1c(O)cc(-c2cc(O)cc(O)c2O)c(O)c1O. The Morgan fingerprint density at radius 3 is 1.84 bits per heavy atom. The topological polar surface area (TPSA) is 121 Å². The van der Waals surface area contributed by atoms with Gasteiger partial charge in [-0.2, -0.15) is 0 Å². The summed E-state index contributed by atoms with van der Waals surface area (Å²) in [5.74, 6) is -2.94.